The Morgan fingerprint density at radius 2 is 1.80 bits per heavy atom. The summed E-state index contributed by atoms with van der Waals surface area (Å²) in [5.41, 5.74) is 5.30. The number of hydrogen-bond acceptors (Lipinski definition) is 2. The monoisotopic (exact) mass is 277 g/mol. The summed E-state index contributed by atoms with van der Waals surface area (Å²) < 4.78 is 5.03. The minimum Gasteiger partial charge on any atom is -0.385 e. The van der Waals surface area contributed by atoms with Crippen molar-refractivity contribution in [3.63, 3.8) is 0 Å². The minimum absolute atomic E-state index is 0.764. The van der Waals surface area contributed by atoms with Crippen LogP contribution in [0.1, 0.15) is 28.7 Å². The largest absolute Gasteiger partial charge is 0.385 e. The standard InChI is InChI=1S/C16H27N3O/c1-12-9-13(2)15(14(3)10-12)11-19-16(17-4)18-7-6-8-20-5/h9-10H,6-8,11H2,1-5H3,(H2,17,18,19). The third kappa shape index (κ3) is 5.21. The molecule has 0 saturated carbocycles. The van der Waals surface area contributed by atoms with Gasteiger partial charge >= 0.3 is 0 Å². The van der Waals surface area contributed by atoms with Crippen molar-refractivity contribution in [2.45, 2.75) is 33.7 Å². The second kappa shape index (κ2) is 8.59. The lowest BCUT2D eigenvalue weighted by atomic mass is 10.00. The molecule has 1 aromatic carbocycles. The molecule has 0 spiro atoms. The van der Waals surface area contributed by atoms with Gasteiger partial charge in [-0.25, -0.2) is 0 Å². The first kappa shape index (κ1) is 16.5. The van der Waals surface area contributed by atoms with Crippen LogP contribution in [0, 0.1) is 20.8 Å². The molecule has 0 bridgehead atoms. The number of rotatable bonds is 6. The molecule has 4 nitrogen and oxygen atoms in total. The number of nitrogens with zero attached hydrogens (tertiary/aromatic N) is 1. The molecule has 0 heterocycles. The molecule has 0 saturated heterocycles. The van der Waals surface area contributed by atoms with Crippen molar-refractivity contribution in [1.29, 1.82) is 0 Å². The Morgan fingerprint density at radius 1 is 1.15 bits per heavy atom. The van der Waals surface area contributed by atoms with Gasteiger partial charge in [-0.15, -0.1) is 0 Å². The highest BCUT2D eigenvalue weighted by Gasteiger charge is 2.05. The molecule has 0 radical (unpaired) electrons. The zero-order valence-electron chi connectivity index (χ0n) is 13.3. The number of aliphatic imine (C=N–C) groups is 1. The maximum atomic E-state index is 5.03. The summed E-state index contributed by atoms with van der Waals surface area (Å²) in [7, 11) is 3.51. The van der Waals surface area contributed by atoms with Crippen LogP contribution in [-0.4, -0.2) is 33.3 Å². The molecular weight excluding hydrogens is 250 g/mol. The fourth-order valence-electron chi connectivity index (χ4n) is 2.30. The van der Waals surface area contributed by atoms with Gasteiger partial charge in [0.05, 0.1) is 0 Å². The first-order valence-corrected chi connectivity index (χ1v) is 7.08. The fraction of sp³-hybridized carbons (Fsp3) is 0.562. The van der Waals surface area contributed by atoms with Crippen LogP contribution in [0.25, 0.3) is 0 Å². The maximum Gasteiger partial charge on any atom is 0.191 e. The highest BCUT2D eigenvalue weighted by Crippen LogP contribution is 2.15. The zero-order valence-corrected chi connectivity index (χ0v) is 13.3. The lowest BCUT2D eigenvalue weighted by Gasteiger charge is -2.15. The predicted molar refractivity (Wildman–Crippen MR) is 85.3 cm³/mol. The van der Waals surface area contributed by atoms with Crippen molar-refractivity contribution in [2.24, 2.45) is 4.99 Å². The quantitative estimate of drug-likeness (QED) is 0.476. The number of guanidine groups is 1. The number of hydrogen-bond donors (Lipinski definition) is 2. The maximum absolute atomic E-state index is 5.03. The van der Waals surface area contributed by atoms with Gasteiger partial charge in [0, 0.05) is 33.9 Å². The van der Waals surface area contributed by atoms with Crippen molar-refractivity contribution in [3.8, 4) is 0 Å². The van der Waals surface area contributed by atoms with Crippen molar-refractivity contribution in [3.05, 3.63) is 34.4 Å². The average molecular weight is 277 g/mol. The second-order valence-electron chi connectivity index (χ2n) is 5.08. The number of nitrogens with one attached hydrogen (secondary N) is 2. The van der Waals surface area contributed by atoms with Gasteiger partial charge in [0.1, 0.15) is 0 Å². The van der Waals surface area contributed by atoms with Gasteiger partial charge in [0.15, 0.2) is 5.96 Å². The zero-order chi connectivity index (χ0) is 15.0. The summed E-state index contributed by atoms with van der Waals surface area (Å²) in [6.07, 6.45) is 0.972. The number of ether oxygens (including phenoxy) is 1. The van der Waals surface area contributed by atoms with E-state index in [-0.39, 0.29) is 0 Å². The first-order chi connectivity index (χ1) is 9.58. The molecule has 4 heteroatoms. The van der Waals surface area contributed by atoms with Crippen LogP contribution in [0.3, 0.4) is 0 Å². The first-order valence-electron chi connectivity index (χ1n) is 7.08. The van der Waals surface area contributed by atoms with Gasteiger partial charge in [-0.1, -0.05) is 17.7 Å². The molecule has 1 rings (SSSR count). The van der Waals surface area contributed by atoms with E-state index in [0.717, 1.165) is 32.1 Å². The van der Waals surface area contributed by atoms with Crippen LogP contribution in [0.2, 0.25) is 0 Å². The van der Waals surface area contributed by atoms with Crippen LogP contribution in [-0.2, 0) is 11.3 Å². The van der Waals surface area contributed by atoms with Crippen LogP contribution in [0.4, 0.5) is 0 Å². The molecule has 0 fully saturated rings. The summed E-state index contributed by atoms with van der Waals surface area (Å²) >= 11 is 0. The normalized spacial score (nSPS) is 11.6. The van der Waals surface area contributed by atoms with E-state index in [1.54, 1.807) is 14.2 Å². The van der Waals surface area contributed by atoms with E-state index in [1.165, 1.54) is 22.3 Å². The minimum atomic E-state index is 0.764. The van der Waals surface area contributed by atoms with Gasteiger partial charge in [0.25, 0.3) is 0 Å². The molecule has 0 atom stereocenters. The Morgan fingerprint density at radius 3 is 2.35 bits per heavy atom. The molecule has 112 valence electrons. The molecule has 0 amide bonds. The van der Waals surface area contributed by atoms with Crippen molar-refractivity contribution >= 4 is 5.96 Å². The SMILES string of the molecule is CN=C(NCCCOC)NCc1c(C)cc(C)cc1C. The molecule has 0 aliphatic carbocycles. The summed E-state index contributed by atoms with van der Waals surface area (Å²) in [6.45, 7) is 8.87. The third-order valence-corrected chi connectivity index (χ3v) is 3.31. The van der Waals surface area contributed by atoms with Gasteiger partial charge in [-0.05, 0) is 43.9 Å². The molecular formula is C16H27N3O. The van der Waals surface area contributed by atoms with E-state index in [0.29, 0.717) is 0 Å². The summed E-state index contributed by atoms with van der Waals surface area (Å²) in [5.74, 6) is 0.834. The Balaban J connectivity index is 2.53. The lowest BCUT2D eigenvalue weighted by Crippen LogP contribution is -2.37. The van der Waals surface area contributed by atoms with Crippen molar-refractivity contribution in [1.82, 2.24) is 10.6 Å². The van der Waals surface area contributed by atoms with E-state index in [4.69, 9.17) is 4.74 Å². The highest BCUT2D eigenvalue weighted by atomic mass is 16.5. The lowest BCUT2D eigenvalue weighted by molar-refractivity contribution is 0.195. The van der Waals surface area contributed by atoms with Crippen molar-refractivity contribution < 1.29 is 4.74 Å². The molecule has 0 aliphatic rings. The van der Waals surface area contributed by atoms with Crippen LogP contribution in [0.15, 0.2) is 17.1 Å². The molecule has 20 heavy (non-hydrogen) atoms. The number of aryl methyl sites for hydroxylation is 3. The molecule has 1 aromatic rings. The van der Waals surface area contributed by atoms with Crippen LogP contribution < -0.4 is 10.6 Å². The number of benzene rings is 1. The van der Waals surface area contributed by atoms with Crippen LogP contribution in [0.5, 0.6) is 0 Å². The molecule has 0 aliphatic heterocycles. The van der Waals surface area contributed by atoms with E-state index >= 15 is 0 Å². The fourth-order valence-corrected chi connectivity index (χ4v) is 2.30. The molecule has 0 aromatic heterocycles. The van der Waals surface area contributed by atoms with Gasteiger partial charge in [-0.3, -0.25) is 4.99 Å². The smallest absolute Gasteiger partial charge is 0.191 e. The van der Waals surface area contributed by atoms with Gasteiger partial charge in [0.2, 0.25) is 0 Å². The Bertz CT molecular complexity index is 432. The summed E-state index contributed by atoms with van der Waals surface area (Å²) in [6, 6.07) is 4.44. The Labute approximate surface area is 122 Å². The molecule has 2 N–H and O–H groups in total. The third-order valence-electron chi connectivity index (χ3n) is 3.31. The Kier molecular flexibility index (Phi) is 7.09. The van der Waals surface area contributed by atoms with E-state index in [9.17, 15) is 0 Å². The second-order valence-corrected chi connectivity index (χ2v) is 5.08. The topological polar surface area (TPSA) is 45.7 Å². The van der Waals surface area contributed by atoms with E-state index in [1.807, 2.05) is 0 Å². The number of methoxy groups -OCH3 is 1. The van der Waals surface area contributed by atoms with E-state index in [2.05, 4.69) is 48.5 Å². The predicted octanol–water partition coefficient (Wildman–Crippen LogP) is 2.31. The highest BCUT2D eigenvalue weighted by molar-refractivity contribution is 5.79. The van der Waals surface area contributed by atoms with Crippen molar-refractivity contribution in [2.75, 3.05) is 27.3 Å². The van der Waals surface area contributed by atoms with Crippen LogP contribution >= 0.6 is 0 Å². The molecule has 0 unspecified atom stereocenters. The average Bonchev–Trinajstić information content (AvgIpc) is 2.39. The van der Waals surface area contributed by atoms with Gasteiger partial charge < -0.3 is 15.4 Å². The summed E-state index contributed by atoms with van der Waals surface area (Å²) in [4.78, 5) is 4.23. The summed E-state index contributed by atoms with van der Waals surface area (Å²) in [5, 5.41) is 6.65. The van der Waals surface area contributed by atoms with E-state index < -0.39 is 0 Å². The van der Waals surface area contributed by atoms with Gasteiger partial charge in [-0.2, -0.15) is 0 Å². The Hall–Kier alpha value is -1.55.